The van der Waals surface area contributed by atoms with Gasteiger partial charge in [0.2, 0.25) is 0 Å². The highest BCUT2D eigenvalue weighted by Crippen LogP contribution is 2.27. The van der Waals surface area contributed by atoms with Crippen LogP contribution < -0.4 is 20.3 Å². The summed E-state index contributed by atoms with van der Waals surface area (Å²) < 4.78 is 15.5. The SMILES string of the molecule is COc1ccc(CCNC(=O)COC(=O)CCc2c(C)[nH]c(=O)c(C#N)c2C)cc1OC. The Kier molecular flexibility index (Phi) is 8.83. The van der Waals surface area contributed by atoms with Crippen LogP contribution in [0.1, 0.15) is 34.4 Å². The summed E-state index contributed by atoms with van der Waals surface area (Å²) in [5.74, 6) is 0.300. The van der Waals surface area contributed by atoms with Gasteiger partial charge >= 0.3 is 5.97 Å². The topological polar surface area (TPSA) is 131 Å². The van der Waals surface area contributed by atoms with Crippen LogP contribution in [0.25, 0.3) is 0 Å². The first kappa shape index (κ1) is 24.5. The van der Waals surface area contributed by atoms with Crippen molar-refractivity contribution in [3.8, 4) is 17.6 Å². The summed E-state index contributed by atoms with van der Waals surface area (Å²) in [6, 6.07) is 7.39. The van der Waals surface area contributed by atoms with E-state index in [1.54, 1.807) is 34.1 Å². The molecule has 1 aromatic carbocycles. The number of aromatic nitrogens is 1. The normalized spacial score (nSPS) is 10.2. The largest absolute Gasteiger partial charge is 0.493 e. The molecule has 2 rings (SSSR count). The first-order chi connectivity index (χ1) is 15.3. The molecule has 2 N–H and O–H groups in total. The van der Waals surface area contributed by atoms with Gasteiger partial charge in [-0.3, -0.25) is 14.4 Å². The number of esters is 1. The predicted octanol–water partition coefficient (Wildman–Crippen LogP) is 1.72. The Labute approximate surface area is 186 Å². The number of amides is 1. The van der Waals surface area contributed by atoms with Crippen LogP contribution in [0.4, 0.5) is 0 Å². The number of hydrogen-bond acceptors (Lipinski definition) is 7. The van der Waals surface area contributed by atoms with Crippen molar-refractivity contribution < 1.29 is 23.8 Å². The molecular formula is C23H27N3O6. The number of nitriles is 1. The van der Waals surface area contributed by atoms with Gasteiger partial charge in [-0.1, -0.05) is 6.07 Å². The van der Waals surface area contributed by atoms with E-state index in [0.717, 1.165) is 11.1 Å². The van der Waals surface area contributed by atoms with Crippen molar-refractivity contribution in [1.82, 2.24) is 10.3 Å². The lowest BCUT2D eigenvalue weighted by Crippen LogP contribution is -2.30. The number of ether oxygens (including phenoxy) is 3. The predicted molar refractivity (Wildman–Crippen MR) is 117 cm³/mol. The van der Waals surface area contributed by atoms with E-state index < -0.39 is 17.4 Å². The van der Waals surface area contributed by atoms with E-state index >= 15 is 0 Å². The zero-order valence-corrected chi connectivity index (χ0v) is 18.7. The van der Waals surface area contributed by atoms with Crippen molar-refractivity contribution in [2.45, 2.75) is 33.1 Å². The third-order valence-electron chi connectivity index (χ3n) is 5.05. The minimum Gasteiger partial charge on any atom is -0.493 e. The van der Waals surface area contributed by atoms with Gasteiger partial charge in [-0.05, 0) is 55.5 Å². The Hall–Kier alpha value is -3.80. The van der Waals surface area contributed by atoms with Crippen LogP contribution in [0.3, 0.4) is 0 Å². The van der Waals surface area contributed by atoms with Gasteiger partial charge in [0.05, 0.1) is 14.2 Å². The lowest BCUT2D eigenvalue weighted by Gasteiger charge is -2.11. The van der Waals surface area contributed by atoms with Crippen LogP contribution >= 0.6 is 0 Å². The Bertz CT molecular complexity index is 1080. The number of methoxy groups -OCH3 is 2. The van der Waals surface area contributed by atoms with Crippen molar-refractivity contribution in [3.63, 3.8) is 0 Å². The van der Waals surface area contributed by atoms with Crippen LogP contribution in [-0.4, -0.2) is 44.2 Å². The van der Waals surface area contributed by atoms with Crippen molar-refractivity contribution in [2.75, 3.05) is 27.4 Å². The molecular weight excluding hydrogens is 414 g/mol. The number of nitrogens with zero attached hydrogens (tertiary/aromatic N) is 1. The van der Waals surface area contributed by atoms with E-state index in [1.165, 1.54) is 0 Å². The number of H-pyrrole nitrogens is 1. The Morgan fingerprint density at radius 1 is 1.12 bits per heavy atom. The second-order valence-corrected chi connectivity index (χ2v) is 7.12. The molecule has 0 unspecified atom stereocenters. The van der Waals surface area contributed by atoms with Crippen LogP contribution in [0, 0.1) is 25.2 Å². The molecule has 0 aliphatic carbocycles. The number of benzene rings is 1. The van der Waals surface area contributed by atoms with Crippen molar-refractivity contribution in [3.05, 3.63) is 56.5 Å². The zero-order valence-electron chi connectivity index (χ0n) is 18.7. The summed E-state index contributed by atoms with van der Waals surface area (Å²) in [7, 11) is 3.12. The Morgan fingerprint density at radius 3 is 2.50 bits per heavy atom. The summed E-state index contributed by atoms with van der Waals surface area (Å²) in [6.07, 6.45) is 0.895. The molecule has 0 aliphatic rings. The van der Waals surface area contributed by atoms with E-state index in [0.29, 0.717) is 42.1 Å². The van der Waals surface area contributed by atoms with Gasteiger partial charge in [0.15, 0.2) is 18.1 Å². The van der Waals surface area contributed by atoms with E-state index in [1.807, 2.05) is 18.2 Å². The molecule has 0 atom stereocenters. The first-order valence-corrected chi connectivity index (χ1v) is 10.1. The van der Waals surface area contributed by atoms with E-state index in [2.05, 4.69) is 10.3 Å². The van der Waals surface area contributed by atoms with Gasteiger partial charge in [0, 0.05) is 18.7 Å². The van der Waals surface area contributed by atoms with Gasteiger partial charge < -0.3 is 24.5 Å². The number of aryl methyl sites for hydroxylation is 1. The minimum atomic E-state index is -0.538. The molecule has 9 heteroatoms. The molecule has 0 spiro atoms. The smallest absolute Gasteiger partial charge is 0.306 e. The molecule has 0 radical (unpaired) electrons. The number of carbonyl (C=O) groups excluding carboxylic acids is 2. The summed E-state index contributed by atoms with van der Waals surface area (Å²) in [5, 5.41) is 11.8. The zero-order chi connectivity index (χ0) is 23.7. The third kappa shape index (κ3) is 6.35. The van der Waals surface area contributed by atoms with Gasteiger partial charge in [-0.15, -0.1) is 0 Å². The third-order valence-corrected chi connectivity index (χ3v) is 5.05. The molecule has 170 valence electrons. The van der Waals surface area contributed by atoms with Crippen LogP contribution in [-0.2, 0) is 27.2 Å². The second kappa shape index (κ2) is 11.6. The summed E-state index contributed by atoms with van der Waals surface area (Å²) in [5.41, 5.74) is 2.42. The second-order valence-electron chi connectivity index (χ2n) is 7.12. The van der Waals surface area contributed by atoms with Gasteiger partial charge in [0.1, 0.15) is 11.6 Å². The van der Waals surface area contributed by atoms with Crippen LogP contribution in [0.15, 0.2) is 23.0 Å². The molecule has 1 aromatic heterocycles. The molecule has 0 saturated carbocycles. The standard InChI is InChI=1S/C23H27N3O6/c1-14-17(15(2)26-23(29)18(14)12-24)6-8-22(28)32-13-21(27)25-10-9-16-5-7-19(30-3)20(11-16)31-4/h5,7,11H,6,8-10,13H2,1-4H3,(H,25,27)(H,26,29). The molecule has 0 aliphatic heterocycles. The van der Waals surface area contributed by atoms with Gasteiger partial charge in [-0.25, -0.2) is 0 Å². The monoisotopic (exact) mass is 441 g/mol. The average molecular weight is 441 g/mol. The van der Waals surface area contributed by atoms with Gasteiger partial charge in [0.25, 0.3) is 11.5 Å². The maximum atomic E-state index is 12.0. The minimum absolute atomic E-state index is 0.0253. The number of pyridine rings is 1. The first-order valence-electron chi connectivity index (χ1n) is 10.1. The van der Waals surface area contributed by atoms with E-state index in [9.17, 15) is 14.4 Å². The molecule has 2 aromatic rings. The average Bonchev–Trinajstić information content (AvgIpc) is 2.77. The molecule has 32 heavy (non-hydrogen) atoms. The molecule has 1 amide bonds. The molecule has 0 bridgehead atoms. The van der Waals surface area contributed by atoms with Crippen LogP contribution in [0.2, 0.25) is 0 Å². The number of rotatable bonds is 10. The molecule has 0 saturated heterocycles. The number of aromatic amines is 1. The highest BCUT2D eigenvalue weighted by molar-refractivity contribution is 5.80. The fourth-order valence-corrected chi connectivity index (χ4v) is 3.30. The van der Waals surface area contributed by atoms with Crippen molar-refractivity contribution in [2.24, 2.45) is 0 Å². The lowest BCUT2D eigenvalue weighted by molar-refractivity contribution is -0.148. The fourth-order valence-electron chi connectivity index (χ4n) is 3.30. The molecule has 1 heterocycles. The highest BCUT2D eigenvalue weighted by Gasteiger charge is 2.14. The lowest BCUT2D eigenvalue weighted by atomic mass is 9.99. The van der Waals surface area contributed by atoms with Crippen molar-refractivity contribution in [1.29, 1.82) is 5.26 Å². The van der Waals surface area contributed by atoms with E-state index in [-0.39, 0.29) is 18.6 Å². The van der Waals surface area contributed by atoms with Crippen molar-refractivity contribution >= 4 is 11.9 Å². The Balaban J connectivity index is 1.78. The maximum absolute atomic E-state index is 12.0. The fraction of sp³-hybridized carbons (Fsp3) is 0.391. The molecule has 9 nitrogen and oxygen atoms in total. The van der Waals surface area contributed by atoms with E-state index in [4.69, 9.17) is 19.5 Å². The number of nitrogens with one attached hydrogen (secondary N) is 2. The summed E-state index contributed by atoms with van der Waals surface area (Å²) >= 11 is 0. The maximum Gasteiger partial charge on any atom is 0.306 e. The van der Waals surface area contributed by atoms with Crippen LogP contribution in [0.5, 0.6) is 11.5 Å². The van der Waals surface area contributed by atoms with Gasteiger partial charge in [-0.2, -0.15) is 5.26 Å². The number of carbonyl (C=O) groups is 2. The highest BCUT2D eigenvalue weighted by atomic mass is 16.5. The Morgan fingerprint density at radius 2 is 1.84 bits per heavy atom. The molecule has 0 fully saturated rings. The number of hydrogen-bond donors (Lipinski definition) is 2. The summed E-state index contributed by atoms with van der Waals surface area (Å²) in [4.78, 5) is 38.4. The quantitative estimate of drug-likeness (QED) is 0.537. The summed E-state index contributed by atoms with van der Waals surface area (Å²) in [6.45, 7) is 3.38.